The van der Waals surface area contributed by atoms with Gasteiger partial charge in [0, 0.05) is 19.3 Å². The van der Waals surface area contributed by atoms with Crippen LogP contribution in [0.5, 0.6) is 0 Å². The van der Waals surface area contributed by atoms with E-state index in [4.69, 9.17) is 5.10 Å². The lowest BCUT2D eigenvalue weighted by molar-refractivity contribution is 0.193. The van der Waals surface area contributed by atoms with E-state index in [0.29, 0.717) is 5.41 Å². The number of rotatable bonds is 3. The SMILES string of the molecule is c1ccc(-n2ccc(CN3CCC4(CCNCC4)C3)n2)cc1. The number of piperidine rings is 1. The van der Waals surface area contributed by atoms with Gasteiger partial charge in [-0.15, -0.1) is 0 Å². The van der Waals surface area contributed by atoms with Crippen molar-refractivity contribution in [2.45, 2.75) is 25.8 Å². The highest BCUT2D eigenvalue weighted by Crippen LogP contribution is 2.38. The van der Waals surface area contributed by atoms with Crippen LogP contribution in [0.3, 0.4) is 0 Å². The summed E-state index contributed by atoms with van der Waals surface area (Å²) in [5, 5.41) is 8.23. The van der Waals surface area contributed by atoms with Crippen LogP contribution < -0.4 is 5.32 Å². The van der Waals surface area contributed by atoms with E-state index in [1.54, 1.807) is 0 Å². The zero-order chi connectivity index (χ0) is 14.8. The van der Waals surface area contributed by atoms with Crippen molar-refractivity contribution in [3.8, 4) is 5.69 Å². The Hall–Kier alpha value is -1.65. The monoisotopic (exact) mass is 296 g/mol. The summed E-state index contributed by atoms with van der Waals surface area (Å²) in [6.07, 6.45) is 6.10. The van der Waals surface area contributed by atoms with Crippen LogP contribution in [0, 0.1) is 5.41 Å². The molecule has 1 aromatic carbocycles. The van der Waals surface area contributed by atoms with Crippen molar-refractivity contribution in [2.24, 2.45) is 5.41 Å². The van der Waals surface area contributed by atoms with Gasteiger partial charge in [-0.3, -0.25) is 4.90 Å². The molecule has 3 heterocycles. The Morgan fingerprint density at radius 2 is 1.86 bits per heavy atom. The minimum atomic E-state index is 0.577. The van der Waals surface area contributed by atoms with Gasteiger partial charge in [0.2, 0.25) is 0 Å². The van der Waals surface area contributed by atoms with E-state index in [0.717, 1.165) is 12.2 Å². The zero-order valence-corrected chi connectivity index (χ0v) is 13.0. The van der Waals surface area contributed by atoms with Crippen molar-refractivity contribution < 1.29 is 0 Å². The molecule has 0 atom stereocenters. The van der Waals surface area contributed by atoms with Gasteiger partial charge in [0.1, 0.15) is 0 Å². The van der Waals surface area contributed by atoms with E-state index < -0.39 is 0 Å². The minimum Gasteiger partial charge on any atom is -0.317 e. The molecule has 1 spiro atoms. The Morgan fingerprint density at radius 1 is 1.05 bits per heavy atom. The van der Waals surface area contributed by atoms with Crippen molar-refractivity contribution in [3.05, 3.63) is 48.3 Å². The average molecular weight is 296 g/mol. The number of likely N-dealkylation sites (tertiary alicyclic amines) is 1. The largest absolute Gasteiger partial charge is 0.317 e. The molecule has 116 valence electrons. The molecule has 0 saturated carbocycles. The molecule has 4 nitrogen and oxygen atoms in total. The van der Waals surface area contributed by atoms with Gasteiger partial charge < -0.3 is 5.32 Å². The lowest BCUT2D eigenvalue weighted by Gasteiger charge is -2.33. The van der Waals surface area contributed by atoms with Crippen LogP contribution >= 0.6 is 0 Å². The third-order valence-corrected chi connectivity index (χ3v) is 5.23. The number of nitrogens with zero attached hydrogens (tertiary/aromatic N) is 3. The lowest BCUT2D eigenvalue weighted by atomic mass is 9.78. The quantitative estimate of drug-likeness (QED) is 0.944. The summed E-state index contributed by atoms with van der Waals surface area (Å²) < 4.78 is 1.98. The zero-order valence-electron chi connectivity index (χ0n) is 13.0. The maximum Gasteiger partial charge on any atom is 0.0769 e. The summed E-state index contributed by atoms with van der Waals surface area (Å²) >= 11 is 0. The Balaban J connectivity index is 1.41. The fraction of sp³-hybridized carbons (Fsp3) is 0.500. The van der Waals surface area contributed by atoms with Crippen LogP contribution in [0.15, 0.2) is 42.6 Å². The summed E-state index contributed by atoms with van der Waals surface area (Å²) in [5.74, 6) is 0. The summed E-state index contributed by atoms with van der Waals surface area (Å²) in [7, 11) is 0. The fourth-order valence-electron chi connectivity index (χ4n) is 3.93. The Bertz CT molecular complexity index is 613. The maximum atomic E-state index is 4.74. The number of nitrogens with one attached hydrogen (secondary N) is 1. The number of hydrogen-bond donors (Lipinski definition) is 1. The summed E-state index contributed by atoms with van der Waals surface area (Å²) in [6.45, 7) is 5.83. The van der Waals surface area contributed by atoms with E-state index in [2.05, 4.69) is 46.7 Å². The second-order valence-electron chi connectivity index (χ2n) is 6.80. The molecule has 2 aliphatic heterocycles. The minimum absolute atomic E-state index is 0.577. The molecule has 4 rings (SSSR count). The molecule has 0 aliphatic carbocycles. The smallest absolute Gasteiger partial charge is 0.0769 e. The maximum absolute atomic E-state index is 4.74. The summed E-state index contributed by atoms with van der Waals surface area (Å²) in [6, 6.07) is 12.5. The van der Waals surface area contributed by atoms with Crippen molar-refractivity contribution in [1.29, 1.82) is 0 Å². The standard InChI is InChI=1S/C18H24N4/c1-2-4-17(5-3-1)22-12-6-16(20-22)14-21-13-9-18(15-21)7-10-19-11-8-18/h1-6,12,19H,7-11,13-15H2. The highest BCUT2D eigenvalue weighted by atomic mass is 15.3. The van der Waals surface area contributed by atoms with E-state index in [-0.39, 0.29) is 0 Å². The molecule has 0 bridgehead atoms. The predicted octanol–water partition coefficient (Wildman–Crippen LogP) is 2.45. The second kappa shape index (κ2) is 5.86. The highest BCUT2D eigenvalue weighted by Gasteiger charge is 2.38. The van der Waals surface area contributed by atoms with Crippen molar-refractivity contribution in [2.75, 3.05) is 26.2 Å². The molecule has 0 radical (unpaired) electrons. The van der Waals surface area contributed by atoms with Gasteiger partial charge in [0.25, 0.3) is 0 Å². The fourth-order valence-corrected chi connectivity index (χ4v) is 3.93. The number of hydrogen-bond acceptors (Lipinski definition) is 3. The molecule has 1 aromatic heterocycles. The van der Waals surface area contributed by atoms with Gasteiger partial charge in [-0.1, -0.05) is 18.2 Å². The molecule has 4 heteroatoms. The van der Waals surface area contributed by atoms with E-state index >= 15 is 0 Å². The third kappa shape index (κ3) is 2.81. The highest BCUT2D eigenvalue weighted by molar-refractivity contribution is 5.30. The molecule has 2 saturated heterocycles. The van der Waals surface area contributed by atoms with Gasteiger partial charge in [-0.05, 0) is 62.5 Å². The molecule has 22 heavy (non-hydrogen) atoms. The van der Waals surface area contributed by atoms with Crippen LogP contribution in [-0.4, -0.2) is 40.9 Å². The number of aromatic nitrogens is 2. The summed E-state index contributed by atoms with van der Waals surface area (Å²) in [4.78, 5) is 2.59. The van der Waals surface area contributed by atoms with Crippen molar-refractivity contribution in [1.82, 2.24) is 20.0 Å². The topological polar surface area (TPSA) is 33.1 Å². The number of benzene rings is 1. The van der Waals surface area contributed by atoms with E-state index in [9.17, 15) is 0 Å². The van der Waals surface area contributed by atoms with Crippen LogP contribution in [-0.2, 0) is 6.54 Å². The molecular weight excluding hydrogens is 272 g/mol. The number of para-hydroxylation sites is 1. The first-order valence-electron chi connectivity index (χ1n) is 8.36. The van der Waals surface area contributed by atoms with Crippen molar-refractivity contribution >= 4 is 0 Å². The van der Waals surface area contributed by atoms with Gasteiger partial charge in [0.15, 0.2) is 0 Å². The van der Waals surface area contributed by atoms with Crippen LogP contribution in [0.2, 0.25) is 0 Å². The van der Waals surface area contributed by atoms with Gasteiger partial charge in [-0.2, -0.15) is 5.10 Å². The Morgan fingerprint density at radius 3 is 2.68 bits per heavy atom. The second-order valence-corrected chi connectivity index (χ2v) is 6.80. The summed E-state index contributed by atoms with van der Waals surface area (Å²) in [5.41, 5.74) is 2.88. The molecule has 2 fully saturated rings. The van der Waals surface area contributed by atoms with Crippen LogP contribution in [0.25, 0.3) is 5.69 Å². The van der Waals surface area contributed by atoms with Gasteiger partial charge in [-0.25, -0.2) is 4.68 Å². The average Bonchev–Trinajstić information content (AvgIpc) is 3.17. The van der Waals surface area contributed by atoms with Crippen LogP contribution in [0.4, 0.5) is 0 Å². The van der Waals surface area contributed by atoms with E-state index in [1.807, 2.05) is 10.7 Å². The molecule has 0 unspecified atom stereocenters. The van der Waals surface area contributed by atoms with Gasteiger partial charge in [0.05, 0.1) is 11.4 Å². The molecule has 1 N–H and O–H groups in total. The first kappa shape index (κ1) is 14.0. The molecular formula is C18H24N4. The first-order chi connectivity index (χ1) is 10.8. The predicted molar refractivity (Wildman–Crippen MR) is 88.0 cm³/mol. The Labute approximate surface area is 132 Å². The Kier molecular flexibility index (Phi) is 3.72. The third-order valence-electron chi connectivity index (χ3n) is 5.23. The van der Waals surface area contributed by atoms with E-state index in [1.165, 1.54) is 51.1 Å². The molecule has 0 amide bonds. The van der Waals surface area contributed by atoms with Crippen molar-refractivity contribution in [3.63, 3.8) is 0 Å². The van der Waals surface area contributed by atoms with Crippen LogP contribution in [0.1, 0.15) is 25.0 Å². The van der Waals surface area contributed by atoms with Gasteiger partial charge >= 0.3 is 0 Å². The molecule has 2 aromatic rings. The first-order valence-corrected chi connectivity index (χ1v) is 8.36. The lowest BCUT2D eigenvalue weighted by Crippen LogP contribution is -2.38. The normalized spacial score (nSPS) is 21.5. The molecule has 2 aliphatic rings.